The summed E-state index contributed by atoms with van der Waals surface area (Å²) in [5.74, 6) is 0.00394. The van der Waals surface area contributed by atoms with E-state index in [0.29, 0.717) is 12.1 Å². The Morgan fingerprint density at radius 1 is 1.54 bits per heavy atom. The fraction of sp³-hybridized carbons (Fsp3) is 0.700. The minimum Gasteiger partial charge on any atom is -0.381 e. The molecule has 0 aromatic carbocycles. The van der Waals surface area contributed by atoms with Crippen molar-refractivity contribution in [2.75, 3.05) is 7.11 Å². The first kappa shape index (κ1) is 10.3. The standard InChI is InChI=1S/C10H17NO2/c1-3-4-10(12)11-8-5-6-9(7-8)13-2/h3-4,8-9H,5-7H2,1-2H3,(H,11,12)/b4-3+. The number of methoxy groups -OCH3 is 1. The highest BCUT2D eigenvalue weighted by molar-refractivity contribution is 5.87. The van der Waals surface area contributed by atoms with Crippen molar-refractivity contribution in [2.45, 2.75) is 38.3 Å². The SMILES string of the molecule is C/C=C/C(=O)NC1CCC(OC)C1. The predicted molar refractivity (Wildman–Crippen MR) is 51.4 cm³/mol. The number of nitrogens with one attached hydrogen (secondary N) is 1. The molecule has 1 fully saturated rings. The van der Waals surface area contributed by atoms with Crippen molar-refractivity contribution in [3.8, 4) is 0 Å². The van der Waals surface area contributed by atoms with Crippen molar-refractivity contribution < 1.29 is 9.53 Å². The molecule has 1 amide bonds. The fourth-order valence-electron chi connectivity index (χ4n) is 1.69. The smallest absolute Gasteiger partial charge is 0.243 e. The zero-order chi connectivity index (χ0) is 9.68. The molecule has 0 aromatic rings. The average Bonchev–Trinajstić information content (AvgIpc) is 2.52. The molecule has 0 aliphatic heterocycles. The van der Waals surface area contributed by atoms with E-state index >= 15 is 0 Å². The van der Waals surface area contributed by atoms with Gasteiger partial charge in [0.2, 0.25) is 5.91 Å². The number of carbonyl (C=O) groups is 1. The van der Waals surface area contributed by atoms with Crippen LogP contribution in [0.25, 0.3) is 0 Å². The Kier molecular flexibility index (Phi) is 3.96. The van der Waals surface area contributed by atoms with Crippen molar-refractivity contribution in [1.29, 1.82) is 0 Å². The van der Waals surface area contributed by atoms with Crippen LogP contribution in [0, 0.1) is 0 Å². The Hall–Kier alpha value is -0.830. The third-order valence-corrected chi connectivity index (χ3v) is 2.38. The van der Waals surface area contributed by atoms with E-state index in [1.54, 1.807) is 19.3 Å². The Morgan fingerprint density at radius 3 is 2.85 bits per heavy atom. The lowest BCUT2D eigenvalue weighted by Crippen LogP contribution is -2.31. The minimum atomic E-state index is 0.00394. The molecule has 1 rings (SSSR count). The summed E-state index contributed by atoms with van der Waals surface area (Å²) in [6.07, 6.45) is 6.66. The molecule has 1 N–H and O–H groups in total. The van der Waals surface area contributed by atoms with Gasteiger partial charge >= 0.3 is 0 Å². The van der Waals surface area contributed by atoms with Crippen LogP contribution in [-0.2, 0) is 9.53 Å². The monoisotopic (exact) mass is 183 g/mol. The quantitative estimate of drug-likeness (QED) is 0.669. The predicted octanol–water partition coefficient (Wildman–Crippen LogP) is 1.25. The lowest BCUT2D eigenvalue weighted by atomic mass is 10.2. The molecule has 2 unspecified atom stereocenters. The number of amides is 1. The molecule has 1 aliphatic rings. The molecule has 2 atom stereocenters. The van der Waals surface area contributed by atoms with E-state index in [4.69, 9.17) is 4.74 Å². The maximum atomic E-state index is 11.2. The largest absolute Gasteiger partial charge is 0.381 e. The van der Waals surface area contributed by atoms with Gasteiger partial charge in [-0.1, -0.05) is 6.08 Å². The number of carbonyl (C=O) groups excluding carboxylic acids is 1. The van der Waals surface area contributed by atoms with E-state index in [2.05, 4.69) is 5.32 Å². The van der Waals surface area contributed by atoms with E-state index in [-0.39, 0.29) is 5.91 Å². The van der Waals surface area contributed by atoms with Gasteiger partial charge in [-0.3, -0.25) is 4.79 Å². The summed E-state index contributed by atoms with van der Waals surface area (Å²) < 4.78 is 5.21. The van der Waals surface area contributed by atoms with Crippen LogP contribution in [0.5, 0.6) is 0 Å². The van der Waals surface area contributed by atoms with E-state index in [0.717, 1.165) is 19.3 Å². The molecule has 0 radical (unpaired) electrons. The van der Waals surface area contributed by atoms with Crippen molar-refractivity contribution in [1.82, 2.24) is 5.32 Å². The molecule has 3 nitrogen and oxygen atoms in total. The zero-order valence-electron chi connectivity index (χ0n) is 8.25. The number of rotatable bonds is 3. The van der Waals surface area contributed by atoms with Gasteiger partial charge in [0.1, 0.15) is 0 Å². The third kappa shape index (κ3) is 3.19. The second-order valence-corrected chi connectivity index (χ2v) is 3.38. The van der Waals surface area contributed by atoms with Gasteiger partial charge in [-0.2, -0.15) is 0 Å². The number of hydrogen-bond donors (Lipinski definition) is 1. The first-order valence-electron chi connectivity index (χ1n) is 4.72. The fourth-order valence-corrected chi connectivity index (χ4v) is 1.69. The third-order valence-electron chi connectivity index (χ3n) is 2.38. The van der Waals surface area contributed by atoms with Gasteiger partial charge in [-0.25, -0.2) is 0 Å². The van der Waals surface area contributed by atoms with Crippen LogP contribution in [0.3, 0.4) is 0 Å². The number of ether oxygens (including phenoxy) is 1. The molecule has 74 valence electrons. The van der Waals surface area contributed by atoms with E-state index < -0.39 is 0 Å². The van der Waals surface area contributed by atoms with Gasteiger partial charge in [-0.05, 0) is 32.3 Å². The van der Waals surface area contributed by atoms with Crippen molar-refractivity contribution in [2.24, 2.45) is 0 Å². The average molecular weight is 183 g/mol. The summed E-state index contributed by atoms with van der Waals surface area (Å²) >= 11 is 0. The molecule has 0 bridgehead atoms. The van der Waals surface area contributed by atoms with E-state index in [1.807, 2.05) is 6.92 Å². The minimum absolute atomic E-state index is 0.00394. The lowest BCUT2D eigenvalue weighted by molar-refractivity contribution is -0.117. The summed E-state index contributed by atoms with van der Waals surface area (Å²) in [5, 5.41) is 2.94. The Labute approximate surface area is 79.2 Å². The number of allylic oxidation sites excluding steroid dienone is 1. The van der Waals surface area contributed by atoms with Crippen LogP contribution in [0.4, 0.5) is 0 Å². The molecule has 0 spiro atoms. The van der Waals surface area contributed by atoms with Gasteiger partial charge in [-0.15, -0.1) is 0 Å². The van der Waals surface area contributed by atoms with Crippen LogP contribution in [0.1, 0.15) is 26.2 Å². The summed E-state index contributed by atoms with van der Waals surface area (Å²) in [6, 6.07) is 0.300. The molecule has 0 aromatic heterocycles. The maximum absolute atomic E-state index is 11.2. The first-order chi connectivity index (χ1) is 6.26. The van der Waals surface area contributed by atoms with Gasteiger partial charge in [0.15, 0.2) is 0 Å². The Morgan fingerprint density at radius 2 is 2.31 bits per heavy atom. The molecule has 1 aliphatic carbocycles. The molecule has 1 saturated carbocycles. The second kappa shape index (κ2) is 5.02. The highest BCUT2D eigenvalue weighted by atomic mass is 16.5. The maximum Gasteiger partial charge on any atom is 0.243 e. The lowest BCUT2D eigenvalue weighted by Gasteiger charge is -2.10. The topological polar surface area (TPSA) is 38.3 Å². The highest BCUT2D eigenvalue weighted by Gasteiger charge is 2.24. The van der Waals surface area contributed by atoms with E-state index in [9.17, 15) is 4.79 Å². The number of hydrogen-bond acceptors (Lipinski definition) is 2. The summed E-state index contributed by atoms with van der Waals surface area (Å²) in [5.41, 5.74) is 0. The molecule has 3 heteroatoms. The Balaban J connectivity index is 2.27. The van der Waals surface area contributed by atoms with Gasteiger partial charge in [0.25, 0.3) is 0 Å². The van der Waals surface area contributed by atoms with Crippen molar-refractivity contribution >= 4 is 5.91 Å². The summed E-state index contributed by atoms with van der Waals surface area (Å²) in [4.78, 5) is 11.2. The second-order valence-electron chi connectivity index (χ2n) is 3.38. The van der Waals surface area contributed by atoms with Crippen LogP contribution in [-0.4, -0.2) is 25.2 Å². The molecule has 0 heterocycles. The van der Waals surface area contributed by atoms with Crippen LogP contribution >= 0.6 is 0 Å². The normalized spacial score (nSPS) is 28.2. The van der Waals surface area contributed by atoms with Crippen LogP contribution < -0.4 is 5.32 Å². The molecule has 13 heavy (non-hydrogen) atoms. The summed E-state index contributed by atoms with van der Waals surface area (Å²) in [6.45, 7) is 1.84. The van der Waals surface area contributed by atoms with Crippen molar-refractivity contribution in [3.63, 3.8) is 0 Å². The molecular formula is C10H17NO2. The Bertz CT molecular complexity index is 201. The summed E-state index contributed by atoms with van der Waals surface area (Å²) in [7, 11) is 1.72. The van der Waals surface area contributed by atoms with Gasteiger partial charge in [0.05, 0.1) is 6.10 Å². The molecule has 0 saturated heterocycles. The highest BCUT2D eigenvalue weighted by Crippen LogP contribution is 2.21. The van der Waals surface area contributed by atoms with E-state index in [1.165, 1.54) is 0 Å². The first-order valence-corrected chi connectivity index (χ1v) is 4.72. The van der Waals surface area contributed by atoms with Crippen molar-refractivity contribution in [3.05, 3.63) is 12.2 Å². The van der Waals surface area contributed by atoms with Crippen LogP contribution in [0.2, 0.25) is 0 Å². The van der Waals surface area contributed by atoms with Gasteiger partial charge in [0, 0.05) is 13.2 Å². The van der Waals surface area contributed by atoms with Gasteiger partial charge < -0.3 is 10.1 Å². The molecular weight excluding hydrogens is 166 g/mol. The zero-order valence-corrected chi connectivity index (χ0v) is 8.25. The van der Waals surface area contributed by atoms with Crippen LogP contribution in [0.15, 0.2) is 12.2 Å².